The summed E-state index contributed by atoms with van der Waals surface area (Å²) in [5, 5.41) is 5.57. The summed E-state index contributed by atoms with van der Waals surface area (Å²) in [4.78, 5) is 1.37. The highest BCUT2D eigenvalue weighted by Crippen LogP contribution is 2.21. The van der Waals surface area contributed by atoms with E-state index in [0.717, 1.165) is 25.3 Å². The second-order valence-electron chi connectivity index (χ2n) is 5.32. The van der Waals surface area contributed by atoms with E-state index in [-0.39, 0.29) is 0 Å². The van der Waals surface area contributed by atoms with E-state index < -0.39 is 0 Å². The lowest BCUT2D eigenvalue weighted by Crippen LogP contribution is -2.22. The lowest BCUT2D eigenvalue weighted by Gasteiger charge is -2.14. The highest BCUT2D eigenvalue weighted by Gasteiger charge is 2.05. The average molecular weight is 289 g/mol. The van der Waals surface area contributed by atoms with Gasteiger partial charge in [0, 0.05) is 29.4 Å². The first-order valence-corrected chi connectivity index (χ1v) is 8.01. The van der Waals surface area contributed by atoms with Crippen molar-refractivity contribution in [3.8, 4) is 5.75 Å². The van der Waals surface area contributed by atoms with Crippen LogP contribution in [0.4, 0.5) is 0 Å². The number of nitrogens with one attached hydrogen (secondary N) is 1. The molecule has 0 aliphatic rings. The molecule has 0 fully saturated rings. The Labute approximate surface area is 125 Å². The third-order valence-electron chi connectivity index (χ3n) is 3.10. The SMILES string of the molecule is Cc1ccc(OCCc2cccs2)c(CNC(C)C)c1. The second-order valence-corrected chi connectivity index (χ2v) is 6.36. The number of rotatable bonds is 7. The minimum Gasteiger partial charge on any atom is -0.493 e. The third-order valence-corrected chi connectivity index (χ3v) is 4.04. The Morgan fingerprint density at radius 3 is 2.80 bits per heavy atom. The molecule has 1 aromatic heterocycles. The zero-order valence-electron chi connectivity index (χ0n) is 12.5. The van der Waals surface area contributed by atoms with Gasteiger partial charge in [-0.1, -0.05) is 37.6 Å². The molecule has 1 N–H and O–H groups in total. The zero-order valence-corrected chi connectivity index (χ0v) is 13.3. The van der Waals surface area contributed by atoms with Gasteiger partial charge in [0.25, 0.3) is 0 Å². The van der Waals surface area contributed by atoms with Crippen molar-refractivity contribution in [3.63, 3.8) is 0 Å². The smallest absolute Gasteiger partial charge is 0.123 e. The highest BCUT2D eigenvalue weighted by atomic mass is 32.1. The molecule has 0 spiro atoms. The van der Waals surface area contributed by atoms with Gasteiger partial charge in [-0.2, -0.15) is 0 Å². The molecule has 1 heterocycles. The van der Waals surface area contributed by atoms with Crippen LogP contribution in [0.25, 0.3) is 0 Å². The molecule has 1 aromatic carbocycles. The van der Waals surface area contributed by atoms with Gasteiger partial charge in [0.05, 0.1) is 6.61 Å². The topological polar surface area (TPSA) is 21.3 Å². The number of aryl methyl sites for hydroxylation is 1. The standard InChI is InChI=1S/C17H23NOS/c1-13(2)18-12-15-11-14(3)6-7-17(15)19-9-8-16-5-4-10-20-16/h4-7,10-11,13,18H,8-9,12H2,1-3H3. The van der Waals surface area contributed by atoms with E-state index in [9.17, 15) is 0 Å². The minimum absolute atomic E-state index is 0.481. The first-order chi connectivity index (χ1) is 9.65. The Hall–Kier alpha value is -1.32. The number of hydrogen-bond acceptors (Lipinski definition) is 3. The summed E-state index contributed by atoms with van der Waals surface area (Å²) in [6, 6.07) is 11.1. The van der Waals surface area contributed by atoms with Crippen LogP contribution >= 0.6 is 11.3 Å². The highest BCUT2D eigenvalue weighted by molar-refractivity contribution is 7.09. The van der Waals surface area contributed by atoms with Gasteiger partial charge in [-0.05, 0) is 24.4 Å². The van der Waals surface area contributed by atoms with Crippen LogP contribution in [0.3, 0.4) is 0 Å². The molecule has 108 valence electrons. The summed E-state index contributed by atoms with van der Waals surface area (Å²) in [7, 11) is 0. The quantitative estimate of drug-likeness (QED) is 0.825. The molecule has 0 radical (unpaired) electrons. The van der Waals surface area contributed by atoms with E-state index in [1.807, 2.05) is 0 Å². The van der Waals surface area contributed by atoms with Crippen LogP contribution in [0.5, 0.6) is 5.75 Å². The Morgan fingerprint density at radius 1 is 1.25 bits per heavy atom. The number of hydrogen-bond donors (Lipinski definition) is 1. The van der Waals surface area contributed by atoms with Crippen LogP contribution in [-0.4, -0.2) is 12.6 Å². The average Bonchev–Trinajstić information content (AvgIpc) is 2.91. The lowest BCUT2D eigenvalue weighted by atomic mass is 10.1. The molecule has 0 atom stereocenters. The molecule has 0 saturated carbocycles. The van der Waals surface area contributed by atoms with Gasteiger partial charge in [-0.15, -0.1) is 11.3 Å². The van der Waals surface area contributed by atoms with E-state index >= 15 is 0 Å². The van der Waals surface area contributed by atoms with Crippen molar-refractivity contribution in [1.82, 2.24) is 5.32 Å². The van der Waals surface area contributed by atoms with Crippen LogP contribution in [0, 0.1) is 6.92 Å². The van der Waals surface area contributed by atoms with Crippen molar-refractivity contribution >= 4 is 11.3 Å². The van der Waals surface area contributed by atoms with Crippen LogP contribution in [-0.2, 0) is 13.0 Å². The molecule has 2 nitrogen and oxygen atoms in total. The maximum atomic E-state index is 5.96. The first-order valence-electron chi connectivity index (χ1n) is 7.13. The summed E-state index contributed by atoms with van der Waals surface area (Å²) in [6.07, 6.45) is 0.975. The summed E-state index contributed by atoms with van der Waals surface area (Å²) in [5.41, 5.74) is 2.51. The fourth-order valence-electron chi connectivity index (χ4n) is 2.02. The summed E-state index contributed by atoms with van der Waals surface area (Å²) in [6.45, 7) is 8.03. The molecule has 20 heavy (non-hydrogen) atoms. The van der Waals surface area contributed by atoms with Crippen LogP contribution in [0.1, 0.15) is 29.9 Å². The predicted molar refractivity (Wildman–Crippen MR) is 86.7 cm³/mol. The van der Waals surface area contributed by atoms with Gasteiger partial charge >= 0.3 is 0 Å². The molecule has 3 heteroatoms. The van der Waals surface area contributed by atoms with E-state index in [1.54, 1.807) is 11.3 Å². The van der Waals surface area contributed by atoms with Crippen LogP contribution in [0.15, 0.2) is 35.7 Å². The lowest BCUT2D eigenvalue weighted by molar-refractivity contribution is 0.318. The van der Waals surface area contributed by atoms with Gasteiger partial charge in [-0.25, -0.2) is 0 Å². The Bertz CT molecular complexity index is 520. The minimum atomic E-state index is 0.481. The summed E-state index contributed by atoms with van der Waals surface area (Å²) in [5.74, 6) is 1.00. The van der Waals surface area contributed by atoms with Crippen LogP contribution in [0.2, 0.25) is 0 Å². The first kappa shape index (κ1) is 15.1. The van der Waals surface area contributed by atoms with Gasteiger partial charge < -0.3 is 10.1 Å². The Morgan fingerprint density at radius 2 is 2.10 bits per heavy atom. The molecule has 0 bridgehead atoms. The van der Waals surface area contributed by atoms with Crippen molar-refractivity contribution in [2.45, 2.75) is 39.8 Å². The largest absolute Gasteiger partial charge is 0.493 e. The molecule has 2 rings (SSSR count). The van der Waals surface area contributed by atoms with Crippen molar-refractivity contribution in [3.05, 3.63) is 51.7 Å². The maximum absolute atomic E-state index is 5.96. The fourth-order valence-corrected chi connectivity index (χ4v) is 2.71. The molecule has 0 aliphatic carbocycles. The van der Waals surface area contributed by atoms with Crippen molar-refractivity contribution in [1.29, 1.82) is 0 Å². The van der Waals surface area contributed by atoms with Crippen molar-refractivity contribution in [2.75, 3.05) is 6.61 Å². The molecule has 0 aliphatic heterocycles. The third kappa shape index (κ3) is 4.66. The molecular weight excluding hydrogens is 266 g/mol. The van der Waals surface area contributed by atoms with E-state index in [0.29, 0.717) is 6.04 Å². The number of benzene rings is 1. The number of ether oxygens (including phenoxy) is 1. The van der Waals surface area contributed by atoms with Crippen molar-refractivity contribution in [2.24, 2.45) is 0 Å². The van der Waals surface area contributed by atoms with E-state index in [1.165, 1.54) is 16.0 Å². The normalized spacial score (nSPS) is 11.0. The van der Waals surface area contributed by atoms with Crippen LogP contribution < -0.4 is 10.1 Å². The number of thiophene rings is 1. The molecule has 0 saturated heterocycles. The van der Waals surface area contributed by atoms with E-state index in [2.05, 4.69) is 61.8 Å². The van der Waals surface area contributed by atoms with Crippen molar-refractivity contribution < 1.29 is 4.74 Å². The predicted octanol–water partition coefficient (Wildman–Crippen LogP) is 4.18. The van der Waals surface area contributed by atoms with Gasteiger partial charge in [0.1, 0.15) is 5.75 Å². The maximum Gasteiger partial charge on any atom is 0.123 e. The Balaban J connectivity index is 1.95. The monoisotopic (exact) mass is 289 g/mol. The summed E-state index contributed by atoms with van der Waals surface area (Å²) >= 11 is 1.79. The molecular formula is C17H23NOS. The Kier molecular flexibility index (Phi) is 5.62. The summed E-state index contributed by atoms with van der Waals surface area (Å²) < 4.78 is 5.96. The van der Waals surface area contributed by atoms with Gasteiger partial charge in [0.2, 0.25) is 0 Å². The molecule has 0 unspecified atom stereocenters. The van der Waals surface area contributed by atoms with Gasteiger partial charge in [-0.3, -0.25) is 0 Å². The van der Waals surface area contributed by atoms with Gasteiger partial charge in [0.15, 0.2) is 0 Å². The van der Waals surface area contributed by atoms with E-state index in [4.69, 9.17) is 4.74 Å². The molecule has 2 aromatic rings. The molecule has 0 amide bonds. The fraction of sp³-hybridized carbons (Fsp3) is 0.412. The zero-order chi connectivity index (χ0) is 14.4. The second kappa shape index (κ2) is 7.46.